The van der Waals surface area contributed by atoms with Crippen LogP contribution in [0.15, 0.2) is 64.4 Å². The highest BCUT2D eigenvalue weighted by Crippen LogP contribution is 2.47. The fourth-order valence-corrected chi connectivity index (χ4v) is 3.66. The number of hydrogen-bond donors (Lipinski definition) is 1. The number of hydrogen-bond acceptors (Lipinski definition) is 1. The normalized spacial score (nSPS) is 14.9. The molecule has 1 aromatic heterocycles. The first-order valence-corrected chi connectivity index (χ1v) is 7.57. The molecule has 0 unspecified atom stereocenters. The Bertz CT molecular complexity index is 710. The maximum atomic E-state index is 3.63. The standard InChI is InChI=1S/C17H15NS/c1-2-6-13(7-3-1)19-17-14-8-4-5-9-15(14)18-16(17)12-10-11-12/h1-9,12,18H,10-11H2. The third kappa shape index (κ3) is 2.06. The fourth-order valence-electron chi connectivity index (χ4n) is 2.51. The number of fused-ring (bicyclic) bond motifs is 1. The van der Waals surface area contributed by atoms with E-state index in [1.807, 2.05) is 11.8 Å². The summed E-state index contributed by atoms with van der Waals surface area (Å²) in [5, 5.41) is 1.36. The fraction of sp³-hybridized carbons (Fsp3) is 0.176. The monoisotopic (exact) mass is 265 g/mol. The van der Waals surface area contributed by atoms with Crippen LogP contribution in [0.4, 0.5) is 0 Å². The molecule has 2 heteroatoms. The minimum absolute atomic E-state index is 0.749. The molecule has 3 aromatic rings. The van der Waals surface area contributed by atoms with Gasteiger partial charge in [0.1, 0.15) is 0 Å². The molecule has 0 atom stereocenters. The van der Waals surface area contributed by atoms with Crippen LogP contribution in [-0.2, 0) is 0 Å². The van der Waals surface area contributed by atoms with Crippen LogP contribution in [0, 0.1) is 0 Å². The number of aromatic nitrogens is 1. The van der Waals surface area contributed by atoms with Crippen LogP contribution in [0.3, 0.4) is 0 Å². The molecule has 94 valence electrons. The predicted molar refractivity (Wildman–Crippen MR) is 80.8 cm³/mol. The van der Waals surface area contributed by atoms with E-state index in [-0.39, 0.29) is 0 Å². The summed E-state index contributed by atoms with van der Waals surface area (Å²) in [6, 6.07) is 19.3. The zero-order chi connectivity index (χ0) is 12.7. The maximum absolute atomic E-state index is 3.63. The van der Waals surface area contributed by atoms with Gasteiger partial charge >= 0.3 is 0 Å². The summed E-state index contributed by atoms with van der Waals surface area (Å²) in [6.45, 7) is 0. The zero-order valence-electron chi connectivity index (χ0n) is 10.6. The van der Waals surface area contributed by atoms with Crippen molar-refractivity contribution >= 4 is 22.7 Å². The number of H-pyrrole nitrogens is 1. The Hall–Kier alpha value is -1.67. The molecule has 0 aliphatic heterocycles. The summed E-state index contributed by atoms with van der Waals surface area (Å²) in [4.78, 5) is 6.36. The number of para-hydroxylation sites is 1. The van der Waals surface area contributed by atoms with Crippen molar-refractivity contribution in [3.05, 3.63) is 60.3 Å². The molecule has 1 aliphatic rings. The van der Waals surface area contributed by atoms with Gasteiger partial charge in [0.05, 0.1) is 0 Å². The van der Waals surface area contributed by atoms with E-state index in [9.17, 15) is 0 Å². The molecule has 0 bridgehead atoms. The van der Waals surface area contributed by atoms with Crippen LogP contribution in [0.5, 0.6) is 0 Å². The lowest BCUT2D eigenvalue weighted by Crippen LogP contribution is -1.81. The van der Waals surface area contributed by atoms with Crippen molar-refractivity contribution in [3.8, 4) is 0 Å². The molecule has 1 nitrogen and oxygen atoms in total. The van der Waals surface area contributed by atoms with E-state index in [2.05, 4.69) is 59.6 Å². The topological polar surface area (TPSA) is 15.8 Å². The highest BCUT2D eigenvalue weighted by molar-refractivity contribution is 7.99. The van der Waals surface area contributed by atoms with Gasteiger partial charge in [0, 0.05) is 32.3 Å². The lowest BCUT2D eigenvalue weighted by atomic mass is 10.2. The first-order chi connectivity index (χ1) is 9.42. The number of benzene rings is 2. The van der Waals surface area contributed by atoms with Crippen LogP contribution in [0.25, 0.3) is 10.9 Å². The predicted octanol–water partition coefficient (Wildman–Crippen LogP) is 5.20. The Kier molecular flexibility index (Phi) is 2.63. The van der Waals surface area contributed by atoms with Crippen molar-refractivity contribution < 1.29 is 0 Å². The molecule has 0 spiro atoms. The molecule has 2 aromatic carbocycles. The van der Waals surface area contributed by atoms with Crippen LogP contribution in [0.2, 0.25) is 0 Å². The third-order valence-corrected chi connectivity index (χ3v) is 4.79. The molecule has 1 heterocycles. The Balaban J connectivity index is 1.84. The molecular formula is C17H15NS. The molecule has 4 rings (SSSR count). The quantitative estimate of drug-likeness (QED) is 0.688. The van der Waals surface area contributed by atoms with E-state index < -0.39 is 0 Å². The smallest absolute Gasteiger partial charge is 0.0467 e. The highest BCUT2D eigenvalue weighted by Gasteiger charge is 2.29. The van der Waals surface area contributed by atoms with Gasteiger partial charge in [0.25, 0.3) is 0 Å². The molecule has 19 heavy (non-hydrogen) atoms. The van der Waals surface area contributed by atoms with Gasteiger partial charge in [0.15, 0.2) is 0 Å². The van der Waals surface area contributed by atoms with Crippen LogP contribution in [-0.4, -0.2) is 4.98 Å². The van der Waals surface area contributed by atoms with E-state index >= 15 is 0 Å². The summed E-state index contributed by atoms with van der Waals surface area (Å²) in [7, 11) is 0. The second-order valence-electron chi connectivity index (χ2n) is 5.10. The minimum atomic E-state index is 0.749. The largest absolute Gasteiger partial charge is 0.357 e. The Labute approximate surface area is 117 Å². The van der Waals surface area contributed by atoms with E-state index in [1.165, 1.54) is 39.2 Å². The van der Waals surface area contributed by atoms with Crippen molar-refractivity contribution in [2.75, 3.05) is 0 Å². The Morgan fingerprint density at radius 2 is 1.63 bits per heavy atom. The van der Waals surface area contributed by atoms with E-state index in [4.69, 9.17) is 0 Å². The van der Waals surface area contributed by atoms with Gasteiger partial charge in [-0.2, -0.15) is 0 Å². The van der Waals surface area contributed by atoms with Gasteiger partial charge in [-0.15, -0.1) is 0 Å². The molecule has 0 saturated heterocycles. The van der Waals surface area contributed by atoms with Gasteiger partial charge in [-0.05, 0) is 31.0 Å². The number of rotatable bonds is 3. The molecule has 1 fully saturated rings. The molecule has 0 radical (unpaired) electrons. The highest BCUT2D eigenvalue weighted by atomic mass is 32.2. The number of aromatic amines is 1. The molecule has 1 saturated carbocycles. The minimum Gasteiger partial charge on any atom is -0.357 e. The summed E-state index contributed by atoms with van der Waals surface area (Å²) in [6.07, 6.45) is 2.66. The van der Waals surface area contributed by atoms with Crippen molar-refractivity contribution in [2.45, 2.75) is 28.6 Å². The average molecular weight is 265 g/mol. The summed E-state index contributed by atoms with van der Waals surface area (Å²) < 4.78 is 0. The van der Waals surface area contributed by atoms with Gasteiger partial charge in [0.2, 0.25) is 0 Å². The number of nitrogens with one attached hydrogen (secondary N) is 1. The van der Waals surface area contributed by atoms with Gasteiger partial charge in [-0.3, -0.25) is 0 Å². The van der Waals surface area contributed by atoms with E-state index in [0.29, 0.717) is 0 Å². The van der Waals surface area contributed by atoms with E-state index in [1.54, 1.807) is 0 Å². The summed E-state index contributed by atoms with van der Waals surface area (Å²) in [5.41, 5.74) is 2.71. The van der Waals surface area contributed by atoms with Crippen LogP contribution < -0.4 is 0 Å². The van der Waals surface area contributed by atoms with Gasteiger partial charge < -0.3 is 4.98 Å². The van der Waals surface area contributed by atoms with Crippen molar-refractivity contribution in [2.24, 2.45) is 0 Å². The van der Waals surface area contributed by atoms with Crippen molar-refractivity contribution in [1.82, 2.24) is 4.98 Å². The van der Waals surface area contributed by atoms with Gasteiger partial charge in [-0.1, -0.05) is 48.2 Å². The lowest BCUT2D eigenvalue weighted by Gasteiger charge is -2.03. The first-order valence-electron chi connectivity index (χ1n) is 6.75. The zero-order valence-corrected chi connectivity index (χ0v) is 11.4. The van der Waals surface area contributed by atoms with Gasteiger partial charge in [-0.25, -0.2) is 0 Å². The Morgan fingerprint density at radius 1 is 0.895 bits per heavy atom. The average Bonchev–Trinajstić information content (AvgIpc) is 3.24. The lowest BCUT2D eigenvalue weighted by molar-refractivity contribution is 1.02. The molecule has 0 amide bonds. The first kappa shape index (κ1) is 11.2. The van der Waals surface area contributed by atoms with E-state index in [0.717, 1.165) is 5.92 Å². The van der Waals surface area contributed by atoms with Crippen LogP contribution >= 0.6 is 11.8 Å². The van der Waals surface area contributed by atoms with Crippen molar-refractivity contribution in [1.29, 1.82) is 0 Å². The third-order valence-electron chi connectivity index (χ3n) is 3.63. The van der Waals surface area contributed by atoms with Crippen molar-refractivity contribution in [3.63, 3.8) is 0 Å². The molecular weight excluding hydrogens is 250 g/mol. The molecule has 1 N–H and O–H groups in total. The Morgan fingerprint density at radius 3 is 2.42 bits per heavy atom. The summed E-state index contributed by atoms with van der Waals surface area (Å²) >= 11 is 1.89. The maximum Gasteiger partial charge on any atom is 0.0467 e. The second-order valence-corrected chi connectivity index (χ2v) is 6.19. The van der Waals surface area contributed by atoms with Crippen LogP contribution in [0.1, 0.15) is 24.5 Å². The summed E-state index contributed by atoms with van der Waals surface area (Å²) in [5.74, 6) is 0.749. The second kappa shape index (κ2) is 4.46. The SMILES string of the molecule is c1ccc(Sc2c(C3CC3)[nH]c3ccccc23)cc1. The molecule has 1 aliphatic carbocycles.